The van der Waals surface area contributed by atoms with Crippen LogP contribution >= 0.6 is 0 Å². The number of hydrogen-bond acceptors (Lipinski definition) is 3. The van der Waals surface area contributed by atoms with E-state index in [1.54, 1.807) is 30.9 Å². The number of amides is 1. The van der Waals surface area contributed by atoms with Crippen molar-refractivity contribution in [3.63, 3.8) is 0 Å². The molecular formula is C14H16F2N4O. The largest absolute Gasteiger partial charge is 0.343 e. The molecule has 1 unspecified atom stereocenters. The molecule has 2 heterocycles. The zero-order valence-corrected chi connectivity index (χ0v) is 11.9. The number of hydrogen-bond donors (Lipinski definition) is 0. The number of carbonyl (C=O) groups is 1. The highest BCUT2D eigenvalue weighted by molar-refractivity contribution is 5.97. The molecule has 2 aromatic heterocycles. The highest BCUT2D eigenvalue weighted by Crippen LogP contribution is 2.43. The predicted octanol–water partition coefficient (Wildman–Crippen LogP) is 2.49. The molecule has 0 spiro atoms. The van der Waals surface area contributed by atoms with Crippen LogP contribution in [0.15, 0.2) is 18.6 Å². The maximum atomic E-state index is 13.5. The number of alkyl halides is 2. The molecule has 0 aliphatic heterocycles. The molecule has 0 radical (unpaired) electrons. The Bertz CT molecular complexity index is 695. The Kier molecular flexibility index (Phi) is 3.15. The summed E-state index contributed by atoms with van der Waals surface area (Å²) in [5.41, 5.74) is 0.927. The minimum absolute atomic E-state index is 0.155. The van der Waals surface area contributed by atoms with Crippen molar-refractivity contribution in [2.45, 2.75) is 31.2 Å². The first-order chi connectivity index (χ1) is 9.89. The Hall–Kier alpha value is -2.05. The van der Waals surface area contributed by atoms with Crippen LogP contribution in [-0.4, -0.2) is 45.4 Å². The van der Waals surface area contributed by atoms with Crippen LogP contribution in [0.3, 0.4) is 0 Å². The van der Waals surface area contributed by atoms with Crippen LogP contribution in [0.25, 0.3) is 11.0 Å². The Labute approximate surface area is 120 Å². The maximum absolute atomic E-state index is 13.5. The molecule has 21 heavy (non-hydrogen) atoms. The molecule has 0 bridgehead atoms. The first-order valence-corrected chi connectivity index (χ1v) is 6.79. The topological polar surface area (TPSA) is 51.0 Å². The molecule has 7 heteroatoms. The average molecular weight is 294 g/mol. The lowest BCUT2D eigenvalue weighted by molar-refractivity contribution is 0.00562. The summed E-state index contributed by atoms with van der Waals surface area (Å²) in [6.45, 7) is 0. The highest BCUT2D eigenvalue weighted by atomic mass is 19.3. The summed E-state index contributed by atoms with van der Waals surface area (Å²) >= 11 is 0. The minimum atomic E-state index is -2.67. The van der Waals surface area contributed by atoms with Crippen molar-refractivity contribution in [3.8, 4) is 0 Å². The zero-order chi connectivity index (χ0) is 15.2. The van der Waals surface area contributed by atoms with Crippen molar-refractivity contribution in [3.05, 3.63) is 24.3 Å². The SMILES string of the molecule is CN(C)C(=O)c1cc2cncnc2n1C1CCC(F)(F)C1. The van der Waals surface area contributed by atoms with E-state index in [1.807, 2.05) is 0 Å². The van der Waals surface area contributed by atoms with Crippen LogP contribution in [0.4, 0.5) is 8.78 Å². The van der Waals surface area contributed by atoms with Crippen molar-refractivity contribution in [2.24, 2.45) is 0 Å². The Morgan fingerprint density at radius 1 is 1.48 bits per heavy atom. The van der Waals surface area contributed by atoms with Crippen LogP contribution < -0.4 is 0 Å². The summed E-state index contributed by atoms with van der Waals surface area (Å²) in [7, 11) is 3.28. The average Bonchev–Trinajstić information content (AvgIpc) is 2.97. The van der Waals surface area contributed by atoms with Gasteiger partial charge in [0.05, 0.1) is 0 Å². The summed E-state index contributed by atoms with van der Waals surface area (Å²) in [6, 6.07) is 1.26. The van der Waals surface area contributed by atoms with Gasteiger partial charge >= 0.3 is 0 Å². The summed E-state index contributed by atoms with van der Waals surface area (Å²) in [5.74, 6) is -2.89. The molecule has 1 amide bonds. The second kappa shape index (κ2) is 4.75. The summed E-state index contributed by atoms with van der Waals surface area (Å²) in [6.07, 6.45) is 2.90. The Balaban J connectivity index is 2.14. The van der Waals surface area contributed by atoms with E-state index in [9.17, 15) is 13.6 Å². The molecule has 2 aromatic rings. The third-order valence-corrected chi connectivity index (χ3v) is 3.87. The molecular weight excluding hydrogens is 278 g/mol. The van der Waals surface area contributed by atoms with Gasteiger partial charge < -0.3 is 9.47 Å². The monoisotopic (exact) mass is 294 g/mol. The molecule has 5 nitrogen and oxygen atoms in total. The number of fused-ring (bicyclic) bond motifs is 1. The van der Waals surface area contributed by atoms with Crippen LogP contribution in [0.2, 0.25) is 0 Å². The van der Waals surface area contributed by atoms with E-state index in [2.05, 4.69) is 9.97 Å². The molecule has 0 saturated heterocycles. The number of aromatic nitrogens is 3. The van der Waals surface area contributed by atoms with Gasteiger partial charge in [-0.2, -0.15) is 0 Å². The molecule has 3 rings (SSSR count). The van der Waals surface area contributed by atoms with Crippen LogP contribution in [0.5, 0.6) is 0 Å². The number of halogens is 2. The Morgan fingerprint density at radius 2 is 2.24 bits per heavy atom. The normalized spacial score (nSPS) is 20.9. The van der Waals surface area contributed by atoms with Gasteiger partial charge in [0.15, 0.2) is 0 Å². The van der Waals surface area contributed by atoms with Crippen LogP contribution in [0.1, 0.15) is 35.8 Å². The lowest BCUT2D eigenvalue weighted by atomic mass is 10.2. The lowest BCUT2D eigenvalue weighted by Gasteiger charge is -2.19. The smallest absolute Gasteiger partial charge is 0.270 e. The van der Waals surface area contributed by atoms with Crippen molar-refractivity contribution < 1.29 is 13.6 Å². The fourth-order valence-electron chi connectivity index (χ4n) is 2.88. The summed E-state index contributed by atoms with van der Waals surface area (Å²) < 4.78 is 28.7. The molecule has 1 aliphatic rings. The highest BCUT2D eigenvalue weighted by Gasteiger charge is 2.41. The quantitative estimate of drug-likeness (QED) is 0.855. The molecule has 1 aliphatic carbocycles. The number of carbonyl (C=O) groups excluding carboxylic acids is 1. The van der Waals surface area contributed by atoms with E-state index in [0.29, 0.717) is 23.1 Å². The van der Waals surface area contributed by atoms with Crippen molar-refractivity contribution >= 4 is 16.9 Å². The fourth-order valence-corrected chi connectivity index (χ4v) is 2.88. The first-order valence-electron chi connectivity index (χ1n) is 6.79. The second-order valence-electron chi connectivity index (χ2n) is 5.65. The van der Waals surface area contributed by atoms with Gasteiger partial charge in [0, 0.05) is 44.6 Å². The van der Waals surface area contributed by atoms with Crippen LogP contribution in [0, 0.1) is 0 Å². The zero-order valence-electron chi connectivity index (χ0n) is 11.9. The van der Waals surface area contributed by atoms with Gasteiger partial charge in [0.2, 0.25) is 5.92 Å². The van der Waals surface area contributed by atoms with Crippen molar-refractivity contribution in [1.82, 2.24) is 19.4 Å². The number of rotatable bonds is 2. The lowest BCUT2D eigenvalue weighted by Crippen LogP contribution is -2.26. The Morgan fingerprint density at radius 3 is 2.86 bits per heavy atom. The number of nitrogens with zero attached hydrogens (tertiary/aromatic N) is 4. The van der Waals surface area contributed by atoms with Gasteiger partial charge in [-0.3, -0.25) is 4.79 Å². The molecule has 112 valence electrons. The van der Waals surface area contributed by atoms with Gasteiger partial charge in [0.25, 0.3) is 5.91 Å². The predicted molar refractivity (Wildman–Crippen MR) is 73.4 cm³/mol. The van der Waals surface area contributed by atoms with E-state index in [1.165, 1.54) is 11.2 Å². The summed E-state index contributed by atoms with van der Waals surface area (Å²) in [4.78, 5) is 21.9. The van der Waals surface area contributed by atoms with E-state index in [-0.39, 0.29) is 18.7 Å². The second-order valence-corrected chi connectivity index (χ2v) is 5.65. The third kappa shape index (κ3) is 2.36. The summed E-state index contributed by atoms with van der Waals surface area (Å²) in [5, 5.41) is 0.693. The molecule has 1 fully saturated rings. The standard InChI is InChI=1S/C14H16F2N4O/c1-19(2)13(21)11-5-9-7-17-8-18-12(9)20(11)10-3-4-14(15,16)6-10/h5,7-8,10H,3-4,6H2,1-2H3. The van der Waals surface area contributed by atoms with Crippen molar-refractivity contribution in [2.75, 3.05) is 14.1 Å². The first kappa shape index (κ1) is 13.9. The molecule has 0 N–H and O–H groups in total. The third-order valence-electron chi connectivity index (χ3n) is 3.87. The van der Waals surface area contributed by atoms with Crippen LogP contribution in [-0.2, 0) is 0 Å². The molecule has 1 atom stereocenters. The van der Waals surface area contributed by atoms with E-state index >= 15 is 0 Å². The van der Waals surface area contributed by atoms with Gasteiger partial charge in [-0.1, -0.05) is 0 Å². The van der Waals surface area contributed by atoms with E-state index in [0.717, 1.165) is 0 Å². The van der Waals surface area contributed by atoms with Gasteiger partial charge in [0.1, 0.15) is 17.7 Å². The fraction of sp³-hybridized carbons (Fsp3) is 0.500. The molecule has 1 saturated carbocycles. The van der Waals surface area contributed by atoms with Gasteiger partial charge in [-0.05, 0) is 12.5 Å². The van der Waals surface area contributed by atoms with Gasteiger partial charge in [-0.15, -0.1) is 0 Å². The molecule has 0 aromatic carbocycles. The van der Waals surface area contributed by atoms with E-state index in [4.69, 9.17) is 0 Å². The maximum Gasteiger partial charge on any atom is 0.270 e. The van der Waals surface area contributed by atoms with Gasteiger partial charge in [-0.25, -0.2) is 18.7 Å². The minimum Gasteiger partial charge on any atom is -0.343 e. The van der Waals surface area contributed by atoms with E-state index < -0.39 is 12.0 Å². The van der Waals surface area contributed by atoms with Crippen molar-refractivity contribution in [1.29, 1.82) is 0 Å².